The molecule has 0 spiro atoms. The van der Waals surface area contributed by atoms with Crippen LogP contribution in [0.15, 0.2) is 22.8 Å². The molecule has 0 amide bonds. The van der Waals surface area contributed by atoms with Crippen molar-refractivity contribution < 1.29 is 4.42 Å². The Labute approximate surface area is 75.8 Å². The highest BCUT2D eigenvalue weighted by molar-refractivity contribution is 4.97. The molecule has 0 saturated heterocycles. The smallest absolute Gasteiger partial charge is 0.103 e. The summed E-state index contributed by atoms with van der Waals surface area (Å²) >= 11 is 0. The van der Waals surface area contributed by atoms with E-state index in [0.717, 1.165) is 12.2 Å². The van der Waals surface area contributed by atoms with Gasteiger partial charge in [-0.3, -0.25) is 0 Å². The third kappa shape index (κ3) is 5.00. The van der Waals surface area contributed by atoms with Gasteiger partial charge < -0.3 is 4.42 Å². The molecule has 1 aromatic rings. The molecule has 0 aliphatic carbocycles. The zero-order chi connectivity index (χ0) is 9.23. The third-order valence-corrected chi connectivity index (χ3v) is 1.61. The van der Waals surface area contributed by atoms with E-state index >= 15 is 0 Å². The van der Waals surface area contributed by atoms with Crippen LogP contribution in [0.3, 0.4) is 0 Å². The molecule has 1 heteroatoms. The minimum atomic E-state index is 1.10. The molecular weight excluding hydrogens is 148 g/mol. The van der Waals surface area contributed by atoms with E-state index in [-0.39, 0.29) is 0 Å². The molecule has 0 bridgehead atoms. The average Bonchev–Trinajstić information content (AvgIpc) is 2.61. The van der Waals surface area contributed by atoms with Gasteiger partial charge in [-0.1, -0.05) is 33.6 Å². The van der Waals surface area contributed by atoms with Crippen LogP contribution in [0.5, 0.6) is 0 Å². The van der Waals surface area contributed by atoms with Crippen molar-refractivity contribution in [1.29, 1.82) is 0 Å². The lowest BCUT2D eigenvalue weighted by molar-refractivity contribution is 0.497. The Morgan fingerprint density at radius 2 is 2.00 bits per heavy atom. The molecule has 0 unspecified atom stereocenters. The molecule has 0 aromatic carbocycles. The summed E-state index contributed by atoms with van der Waals surface area (Å²) < 4.78 is 5.18. The summed E-state index contributed by atoms with van der Waals surface area (Å²) in [6.07, 6.45) is 6.67. The van der Waals surface area contributed by atoms with Gasteiger partial charge in [0, 0.05) is 6.42 Å². The first kappa shape index (κ1) is 11.3. The molecule has 0 aliphatic heterocycles. The fraction of sp³-hybridized carbons (Fsp3) is 0.636. The zero-order valence-corrected chi connectivity index (χ0v) is 8.47. The minimum absolute atomic E-state index is 1.10. The van der Waals surface area contributed by atoms with Gasteiger partial charge in [0.1, 0.15) is 5.76 Å². The Kier molecular flexibility index (Phi) is 7.87. The molecule has 70 valence electrons. The highest BCUT2D eigenvalue weighted by Crippen LogP contribution is 2.06. The van der Waals surface area contributed by atoms with Gasteiger partial charge >= 0.3 is 0 Å². The van der Waals surface area contributed by atoms with E-state index in [9.17, 15) is 0 Å². The lowest BCUT2D eigenvalue weighted by Crippen LogP contribution is -1.80. The van der Waals surface area contributed by atoms with E-state index in [1.165, 1.54) is 19.3 Å². The average molecular weight is 168 g/mol. The fourth-order valence-electron chi connectivity index (χ4n) is 1.00. The molecule has 1 rings (SSSR count). The quantitative estimate of drug-likeness (QED) is 0.618. The lowest BCUT2D eigenvalue weighted by atomic mass is 10.2. The van der Waals surface area contributed by atoms with Crippen LogP contribution in [0.25, 0.3) is 0 Å². The number of rotatable bonds is 4. The summed E-state index contributed by atoms with van der Waals surface area (Å²) in [5.41, 5.74) is 0. The Balaban J connectivity index is 0.000000561. The number of aryl methyl sites for hydroxylation is 1. The molecule has 1 heterocycles. The van der Waals surface area contributed by atoms with E-state index in [1.54, 1.807) is 6.26 Å². The van der Waals surface area contributed by atoms with Gasteiger partial charge in [0.05, 0.1) is 6.26 Å². The predicted molar refractivity (Wildman–Crippen MR) is 53.3 cm³/mol. The maximum atomic E-state index is 5.18. The van der Waals surface area contributed by atoms with Gasteiger partial charge in [-0.05, 0) is 18.6 Å². The van der Waals surface area contributed by atoms with Crippen LogP contribution >= 0.6 is 0 Å². The molecule has 1 nitrogen and oxygen atoms in total. The Morgan fingerprint density at radius 1 is 1.25 bits per heavy atom. The zero-order valence-electron chi connectivity index (χ0n) is 8.47. The van der Waals surface area contributed by atoms with Crippen molar-refractivity contribution in [3.05, 3.63) is 24.2 Å². The minimum Gasteiger partial charge on any atom is -0.469 e. The first-order chi connectivity index (χ1) is 5.93. The lowest BCUT2D eigenvalue weighted by Gasteiger charge is -1.93. The molecule has 0 aliphatic rings. The van der Waals surface area contributed by atoms with Crippen LogP contribution in [0, 0.1) is 0 Å². The van der Waals surface area contributed by atoms with Crippen LogP contribution < -0.4 is 0 Å². The Bertz CT molecular complexity index is 154. The van der Waals surface area contributed by atoms with E-state index < -0.39 is 0 Å². The third-order valence-electron chi connectivity index (χ3n) is 1.61. The van der Waals surface area contributed by atoms with Gasteiger partial charge in [-0.15, -0.1) is 0 Å². The van der Waals surface area contributed by atoms with Crippen molar-refractivity contribution in [2.45, 2.75) is 46.5 Å². The fourth-order valence-corrected chi connectivity index (χ4v) is 1.00. The summed E-state index contributed by atoms with van der Waals surface area (Å²) in [5, 5.41) is 0. The Morgan fingerprint density at radius 3 is 2.50 bits per heavy atom. The van der Waals surface area contributed by atoms with Gasteiger partial charge in [0.15, 0.2) is 0 Å². The van der Waals surface area contributed by atoms with Crippen LogP contribution in [0.4, 0.5) is 0 Å². The van der Waals surface area contributed by atoms with Crippen LogP contribution in [0.2, 0.25) is 0 Å². The van der Waals surface area contributed by atoms with Crippen molar-refractivity contribution in [2.24, 2.45) is 0 Å². The molecule has 0 fully saturated rings. The van der Waals surface area contributed by atoms with Gasteiger partial charge in [0.2, 0.25) is 0 Å². The monoisotopic (exact) mass is 168 g/mol. The topological polar surface area (TPSA) is 13.1 Å². The standard InChI is InChI=1S/C9H14O.C2H6/c1-2-3-4-6-9-7-5-8-10-9;1-2/h5,7-8H,2-4,6H2,1H3;1-2H3. The van der Waals surface area contributed by atoms with Crippen LogP contribution in [-0.4, -0.2) is 0 Å². The predicted octanol–water partition coefficient (Wildman–Crippen LogP) is 4.04. The summed E-state index contributed by atoms with van der Waals surface area (Å²) in [5.74, 6) is 1.12. The van der Waals surface area contributed by atoms with E-state index in [4.69, 9.17) is 4.42 Å². The number of unbranched alkanes of at least 4 members (excludes halogenated alkanes) is 2. The largest absolute Gasteiger partial charge is 0.469 e. The molecular formula is C11H20O. The van der Waals surface area contributed by atoms with E-state index in [1.807, 2.05) is 26.0 Å². The summed E-state index contributed by atoms with van der Waals surface area (Å²) in [6, 6.07) is 3.98. The van der Waals surface area contributed by atoms with Crippen molar-refractivity contribution in [1.82, 2.24) is 0 Å². The van der Waals surface area contributed by atoms with E-state index in [2.05, 4.69) is 6.92 Å². The first-order valence-corrected chi connectivity index (χ1v) is 4.96. The van der Waals surface area contributed by atoms with E-state index in [0.29, 0.717) is 0 Å². The highest BCUT2D eigenvalue weighted by atomic mass is 16.3. The normalized spacial score (nSPS) is 8.92. The first-order valence-electron chi connectivity index (χ1n) is 4.96. The Hall–Kier alpha value is -0.720. The summed E-state index contributed by atoms with van der Waals surface area (Å²) in [7, 11) is 0. The number of hydrogen-bond donors (Lipinski definition) is 0. The molecule has 0 radical (unpaired) electrons. The van der Waals surface area contributed by atoms with Crippen molar-refractivity contribution in [3.63, 3.8) is 0 Å². The van der Waals surface area contributed by atoms with Crippen LogP contribution in [-0.2, 0) is 6.42 Å². The van der Waals surface area contributed by atoms with Crippen molar-refractivity contribution in [2.75, 3.05) is 0 Å². The van der Waals surface area contributed by atoms with Crippen molar-refractivity contribution in [3.8, 4) is 0 Å². The molecule has 0 N–H and O–H groups in total. The summed E-state index contributed by atoms with van der Waals surface area (Å²) in [4.78, 5) is 0. The second-order valence-corrected chi connectivity index (χ2v) is 2.54. The molecule has 0 atom stereocenters. The molecule has 1 aromatic heterocycles. The number of furan rings is 1. The highest BCUT2D eigenvalue weighted by Gasteiger charge is 1.92. The molecule has 12 heavy (non-hydrogen) atoms. The van der Waals surface area contributed by atoms with Crippen molar-refractivity contribution >= 4 is 0 Å². The second-order valence-electron chi connectivity index (χ2n) is 2.54. The SMILES string of the molecule is CC.CCCCCc1ccco1. The van der Waals surface area contributed by atoms with Gasteiger partial charge in [-0.2, -0.15) is 0 Å². The van der Waals surface area contributed by atoms with Gasteiger partial charge in [0.25, 0.3) is 0 Å². The maximum absolute atomic E-state index is 5.18. The van der Waals surface area contributed by atoms with Gasteiger partial charge in [-0.25, -0.2) is 0 Å². The molecule has 0 saturated carbocycles. The summed E-state index contributed by atoms with van der Waals surface area (Å²) in [6.45, 7) is 6.21. The second kappa shape index (κ2) is 8.38. The maximum Gasteiger partial charge on any atom is 0.103 e. The number of hydrogen-bond acceptors (Lipinski definition) is 1. The van der Waals surface area contributed by atoms with Crippen LogP contribution in [0.1, 0.15) is 45.8 Å².